The van der Waals surface area contributed by atoms with E-state index in [0.717, 1.165) is 23.2 Å². The average Bonchev–Trinajstić information content (AvgIpc) is 2.37. The van der Waals surface area contributed by atoms with Crippen molar-refractivity contribution in [2.45, 2.75) is 45.2 Å². The highest BCUT2D eigenvalue weighted by Gasteiger charge is 2.20. The van der Waals surface area contributed by atoms with Crippen molar-refractivity contribution in [1.29, 1.82) is 0 Å². The van der Waals surface area contributed by atoms with Crippen LogP contribution >= 0.6 is 0 Å². The number of sulfonamides is 1. The van der Waals surface area contributed by atoms with Crippen LogP contribution in [0.5, 0.6) is 0 Å². The van der Waals surface area contributed by atoms with Crippen molar-refractivity contribution in [2.75, 3.05) is 20.3 Å². The molecule has 1 unspecified atom stereocenters. The van der Waals surface area contributed by atoms with Gasteiger partial charge in [-0.15, -0.1) is 0 Å². The van der Waals surface area contributed by atoms with Crippen molar-refractivity contribution in [3.05, 3.63) is 28.8 Å². The van der Waals surface area contributed by atoms with Gasteiger partial charge in [0.25, 0.3) is 0 Å². The third-order valence-corrected chi connectivity index (χ3v) is 4.99. The Bertz CT molecular complexity index is 571. The molecule has 0 fully saturated rings. The van der Waals surface area contributed by atoms with Gasteiger partial charge in [-0.3, -0.25) is 0 Å². The van der Waals surface area contributed by atoms with Gasteiger partial charge in [0.2, 0.25) is 10.0 Å². The Kier molecular flexibility index (Phi) is 6.80. The van der Waals surface area contributed by atoms with Crippen molar-refractivity contribution in [1.82, 2.24) is 10.0 Å². The normalized spacial score (nSPS) is 13.4. The maximum absolute atomic E-state index is 12.5. The summed E-state index contributed by atoms with van der Waals surface area (Å²) in [5, 5.41) is 3.23. The molecule has 6 heteroatoms. The first-order chi connectivity index (χ1) is 9.81. The van der Waals surface area contributed by atoms with Gasteiger partial charge in [0, 0.05) is 19.7 Å². The van der Waals surface area contributed by atoms with Crippen molar-refractivity contribution in [3.8, 4) is 0 Å². The molecule has 120 valence electrons. The molecule has 0 aliphatic heterocycles. The third-order valence-electron chi connectivity index (χ3n) is 3.26. The van der Waals surface area contributed by atoms with Gasteiger partial charge in [0.1, 0.15) is 0 Å². The summed E-state index contributed by atoms with van der Waals surface area (Å²) in [6, 6.07) is 3.41. The van der Waals surface area contributed by atoms with Crippen LogP contribution in [0.1, 0.15) is 30.5 Å². The fourth-order valence-corrected chi connectivity index (χ4v) is 3.73. The molecule has 0 aliphatic carbocycles. The van der Waals surface area contributed by atoms with Gasteiger partial charge in [0.05, 0.1) is 11.5 Å². The van der Waals surface area contributed by atoms with E-state index in [0.29, 0.717) is 18.0 Å². The van der Waals surface area contributed by atoms with Crippen LogP contribution < -0.4 is 10.0 Å². The van der Waals surface area contributed by atoms with E-state index in [1.54, 1.807) is 20.1 Å². The van der Waals surface area contributed by atoms with Crippen LogP contribution in [0.25, 0.3) is 0 Å². The van der Waals surface area contributed by atoms with E-state index in [1.165, 1.54) is 0 Å². The van der Waals surface area contributed by atoms with Crippen LogP contribution in [0.15, 0.2) is 17.0 Å². The molecule has 0 aliphatic rings. The minimum atomic E-state index is -3.53. The molecule has 2 N–H and O–H groups in total. The summed E-state index contributed by atoms with van der Waals surface area (Å²) in [6.07, 6.45) is 0. The van der Waals surface area contributed by atoms with E-state index >= 15 is 0 Å². The minimum absolute atomic E-state index is 0.266. The Balaban J connectivity index is 3.10. The number of ether oxygens (including phenoxy) is 1. The lowest BCUT2D eigenvalue weighted by Gasteiger charge is -2.17. The lowest BCUT2D eigenvalue weighted by molar-refractivity contribution is 0.180. The standard InChI is InChI=1S/C15H26N2O3S/c1-6-16-9-14-8-15(12(3)7-11(14)2)21(18,19)17-13(4)10-20-5/h7-8,13,16-17H,6,9-10H2,1-5H3. The Morgan fingerprint density at radius 1 is 1.24 bits per heavy atom. The van der Waals surface area contributed by atoms with Gasteiger partial charge < -0.3 is 10.1 Å². The molecule has 0 amide bonds. The highest BCUT2D eigenvalue weighted by Crippen LogP contribution is 2.21. The molecule has 0 saturated heterocycles. The van der Waals surface area contributed by atoms with Crippen LogP contribution in [0, 0.1) is 13.8 Å². The number of aryl methyl sites for hydroxylation is 2. The lowest BCUT2D eigenvalue weighted by Crippen LogP contribution is -2.36. The zero-order valence-corrected chi connectivity index (χ0v) is 14.3. The molecular formula is C15H26N2O3S. The zero-order valence-electron chi connectivity index (χ0n) is 13.5. The van der Waals surface area contributed by atoms with E-state index in [1.807, 2.05) is 26.8 Å². The molecule has 1 rings (SSSR count). The smallest absolute Gasteiger partial charge is 0.241 e. The first-order valence-corrected chi connectivity index (χ1v) is 8.62. The maximum Gasteiger partial charge on any atom is 0.241 e. The van der Waals surface area contributed by atoms with E-state index in [9.17, 15) is 8.42 Å². The predicted octanol–water partition coefficient (Wildman–Crippen LogP) is 1.73. The number of benzene rings is 1. The molecule has 0 bridgehead atoms. The number of hydrogen-bond acceptors (Lipinski definition) is 4. The third kappa shape index (κ3) is 5.07. The minimum Gasteiger partial charge on any atom is -0.383 e. The summed E-state index contributed by atoms with van der Waals surface area (Å²) in [6.45, 7) is 9.47. The van der Waals surface area contributed by atoms with Crippen molar-refractivity contribution in [2.24, 2.45) is 0 Å². The maximum atomic E-state index is 12.5. The predicted molar refractivity (Wildman–Crippen MR) is 85.0 cm³/mol. The molecule has 1 aromatic carbocycles. The van der Waals surface area contributed by atoms with Gasteiger partial charge in [-0.1, -0.05) is 13.0 Å². The highest BCUT2D eigenvalue weighted by atomic mass is 32.2. The van der Waals surface area contributed by atoms with Crippen molar-refractivity contribution in [3.63, 3.8) is 0 Å². The van der Waals surface area contributed by atoms with Crippen LogP contribution in [0.2, 0.25) is 0 Å². The molecule has 0 aromatic heterocycles. The quantitative estimate of drug-likeness (QED) is 0.767. The van der Waals surface area contributed by atoms with E-state index in [-0.39, 0.29) is 6.04 Å². The van der Waals surface area contributed by atoms with E-state index < -0.39 is 10.0 Å². The Labute approximate surface area is 128 Å². The Morgan fingerprint density at radius 3 is 2.48 bits per heavy atom. The Morgan fingerprint density at radius 2 is 1.90 bits per heavy atom. The largest absolute Gasteiger partial charge is 0.383 e. The summed E-state index contributed by atoms with van der Waals surface area (Å²) in [5.74, 6) is 0. The monoisotopic (exact) mass is 314 g/mol. The average molecular weight is 314 g/mol. The SMILES string of the molecule is CCNCc1cc(S(=O)(=O)NC(C)COC)c(C)cc1C. The second-order valence-corrected chi connectivity index (χ2v) is 6.98. The molecule has 0 spiro atoms. The van der Waals surface area contributed by atoms with Crippen LogP contribution in [0.4, 0.5) is 0 Å². The Hall–Kier alpha value is -0.950. The highest BCUT2D eigenvalue weighted by molar-refractivity contribution is 7.89. The molecular weight excluding hydrogens is 288 g/mol. The van der Waals surface area contributed by atoms with Crippen LogP contribution in [0.3, 0.4) is 0 Å². The van der Waals surface area contributed by atoms with Gasteiger partial charge in [-0.05, 0) is 50.1 Å². The summed E-state index contributed by atoms with van der Waals surface area (Å²) < 4.78 is 32.6. The number of rotatable bonds is 8. The van der Waals surface area contributed by atoms with Gasteiger partial charge in [-0.2, -0.15) is 0 Å². The van der Waals surface area contributed by atoms with Crippen molar-refractivity contribution < 1.29 is 13.2 Å². The first-order valence-electron chi connectivity index (χ1n) is 7.14. The molecule has 1 atom stereocenters. The van der Waals surface area contributed by atoms with Gasteiger partial charge in [-0.25, -0.2) is 13.1 Å². The summed E-state index contributed by atoms with van der Waals surface area (Å²) in [4.78, 5) is 0.337. The van der Waals surface area contributed by atoms with Crippen LogP contribution in [-0.2, 0) is 21.3 Å². The van der Waals surface area contributed by atoms with E-state index in [4.69, 9.17) is 4.74 Å². The van der Waals surface area contributed by atoms with Gasteiger partial charge >= 0.3 is 0 Å². The zero-order chi connectivity index (χ0) is 16.0. The number of methoxy groups -OCH3 is 1. The van der Waals surface area contributed by atoms with Gasteiger partial charge in [0.15, 0.2) is 0 Å². The molecule has 0 heterocycles. The summed E-state index contributed by atoms with van der Waals surface area (Å²) >= 11 is 0. The lowest BCUT2D eigenvalue weighted by atomic mass is 10.1. The second-order valence-electron chi connectivity index (χ2n) is 5.30. The van der Waals surface area contributed by atoms with E-state index in [2.05, 4.69) is 10.0 Å². The van der Waals surface area contributed by atoms with Crippen molar-refractivity contribution >= 4 is 10.0 Å². The first kappa shape index (κ1) is 18.1. The fraction of sp³-hybridized carbons (Fsp3) is 0.600. The molecule has 21 heavy (non-hydrogen) atoms. The summed E-state index contributed by atoms with van der Waals surface area (Å²) in [5.41, 5.74) is 2.85. The molecule has 1 aromatic rings. The number of hydrogen-bond donors (Lipinski definition) is 2. The van der Waals surface area contributed by atoms with Crippen LogP contribution in [-0.4, -0.2) is 34.7 Å². The topological polar surface area (TPSA) is 67.4 Å². The molecule has 5 nitrogen and oxygen atoms in total. The fourth-order valence-electron chi connectivity index (χ4n) is 2.23. The number of nitrogens with one attached hydrogen (secondary N) is 2. The molecule has 0 radical (unpaired) electrons. The summed E-state index contributed by atoms with van der Waals surface area (Å²) in [7, 11) is -1.98. The molecule has 0 saturated carbocycles. The second kappa shape index (κ2) is 7.89.